The molecule has 0 atom stereocenters. The molecule has 0 heterocycles. The predicted octanol–water partition coefficient (Wildman–Crippen LogP) is 3.92. The van der Waals surface area contributed by atoms with Gasteiger partial charge < -0.3 is 10.4 Å². The van der Waals surface area contributed by atoms with Gasteiger partial charge in [-0.25, -0.2) is 9.18 Å². The second kappa shape index (κ2) is 5.06. The number of carbonyl (C=O) groups is 1. The van der Waals surface area contributed by atoms with Gasteiger partial charge in [-0.1, -0.05) is 17.7 Å². The maximum Gasteiger partial charge on any atom is 0.338 e. The van der Waals surface area contributed by atoms with Crippen molar-refractivity contribution in [3.8, 4) is 0 Å². The van der Waals surface area contributed by atoms with Gasteiger partial charge in [0.1, 0.15) is 5.82 Å². The molecule has 5 heteroatoms. The Morgan fingerprint density at radius 2 is 1.89 bits per heavy atom. The molecule has 92 valence electrons. The smallest absolute Gasteiger partial charge is 0.338 e. The molecule has 0 unspecified atom stereocenters. The van der Waals surface area contributed by atoms with Gasteiger partial charge in [0.05, 0.1) is 5.56 Å². The van der Waals surface area contributed by atoms with Gasteiger partial charge in [0.2, 0.25) is 0 Å². The van der Waals surface area contributed by atoms with E-state index in [0.29, 0.717) is 16.4 Å². The van der Waals surface area contributed by atoms with E-state index in [4.69, 9.17) is 16.7 Å². The molecule has 2 rings (SSSR count). The molecule has 2 aromatic rings. The van der Waals surface area contributed by atoms with Gasteiger partial charge in [0.25, 0.3) is 0 Å². The van der Waals surface area contributed by atoms with Gasteiger partial charge in [-0.05, 0) is 36.4 Å². The quantitative estimate of drug-likeness (QED) is 0.884. The van der Waals surface area contributed by atoms with Crippen LogP contribution in [0.4, 0.5) is 15.8 Å². The van der Waals surface area contributed by atoms with E-state index < -0.39 is 11.8 Å². The number of anilines is 2. The zero-order valence-electron chi connectivity index (χ0n) is 9.15. The molecule has 2 aromatic carbocycles. The van der Waals surface area contributed by atoms with Crippen LogP contribution in [0, 0.1) is 5.82 Å². The van der Waals surface area contributed by atoms with Crippen molar-refractivity contribution in [3.05, 3.63) is 58.9 Å². The topological polar surface area (TPSA) is 49.3 Å². The molecule has 0 aliphatic rings. The lowest BCUT2D eigenvalue weighted by molar-refractivity contribution is 0.0692. The molecule has 2 N–H and O–H groups in total. The molecule has 0 amide bonds. The summed E-state index contributed by atoms with van der Waals surface area (Å²) in [5.74, 6) is -2.07. The number of halogens is 2. The van der Waals surface area contributed by atoms with Crippen LogP contribution in [0.25, 0.3) is 0 Å². The molecule has 0 bridgehead atoms. The highest BCUT2D eigenvalue weighted by Gasteiger charge is 2.10. The predicted molar refractivity (Wildman–Crippen MR) is 68.1 cm³/mol. The minimum atomic E-state index is -1.30. The van der Waals surface area contributed by atoms with E-state index in [2.05, 4.69) is 5.32 Å². The SMILES string of the molecule is O=C(O)c1cc(Nc2cccc(Cl)c2)ccc1F. The molecule has 0 aliphatic heterocycles. The number of benzene rings is 2. The Morgan fingerprint density at radius 3 is 2.56 bits per heavy atom. The Hall–Kier alpha value is -2.07. The van der Waals surface area contributed by atoms with Gasteiger partial charge in [0.15, 0.2) is 0 Å². The van der Waals surface area contributed by atoms with Crippen LogP contribution in [0.15, 0.2) is 42.5 Å². The molecule has 0 saturated heterocycles. The van der Waals surface area contributed by atoms with Crippen molar-refractivity contribution in [2.45, 2.75) is 0 Å². The summed E-state index contributed by atoms with van der Waals surface area (Å²) in [4.78, 5) is 10.8. The lowest BCUT2D eigenvalue weighted by Gasteiger charge is -2.08. The molecule has 0 fully saturated rings. The van der Waals surface area contributed by atoms with Crippen LogP contribution >= 0.6 is 11.6 Å². The van der Waals surface area contributed by atoms with Crippen molar-refractivity contribution in [1.29, 1.82) is 0 Å². The highest BCUT2D eigenvalue weighted by Crippen LogP contribution is 2.22. The largest absolute Gasteiger partial charge is 0.478 e. The van der Waals surface area contributed by atoms with Crippen LogP contribution in [0.2, 0.25) is 5.02 Å². The molecular formula is C13H9ClFNO2. The lowest BCUT2D eigenvalue weighted by atomic mass is 10.2. The Morgan fingerprint density at radius 1 is 1.17 bits per heavy atom. The second-order valence-corrected chi connectivity index (χ2v) is 4.07. The molecular weight excluding hydrogens is 257 g/mol. The van der Waals surface area contributed by atoms with E-state index in [0.717, 1.165) is 6.07 Å². The van der Waals surface area contributed by atoms with Crippen molar-refractivity contribution >= 4 is 28.9 Å². The average molecular weight is 266 g/mol. The summed E-state index contributed by atoms with van der Waals surface area (Å²) in [5, 5.41) is 12.3. The maximum absolute atomic E-state index is 13.2. The fourth-order valence-electron chi connectivity index (χ4n) is 1.50. The van der Waals surface area contributed by atoms with E-state index in [-0.39, 0.29) is 5.56 Å². The monoisotopic (exact) mass is 265 g/mol. The van der Waals surface area contributed by atoms with E-state index in [9.17, 15) is 9.18 Å². The number of carboxylic acid groups (broad SMARTS) is 1. The molecule has 0 aromatic heterocycles. The Kier molecular flexibility index (Phi) is 3.48. The normalized spacial score (nSPS) is 10.1. The number of hydrogen-bond acceptors (Lipinski definition) is 2. The van der Waals surface area contributed by atoms with E-state index in [1.54, 1.807) is 24.3 Å². The summed E-state index contributed by atoms with van der Waals surface area (Å²) in [6.07, 6.45) is 0. The van der Waals surface area contributed by atoms with Crippen LogP contribution in [0.1, 0.15) is 10.4 Å². The van der Waals surface area contributed by atoms with Crippen molar-refractivity contribution in [3.63, 3.8) is 0 Å². The Balaban J connectivity index is 2.30. The average Bonchev–Trinajstić information content (AvgIpc) is 2.31. The zero-order valence-corrected chi connectivity index (χ0v) is 9.91. The third kappa shape index (κ3) is 2.78. The minimum Gasteiger partial charge on any atom is -0.478 e. The first kappa shape index (κ1) is 12.4. The first-order valence-electron chi connectivity index (χ1n) is 5.12. The first-order valence-corrected chi connectivity index (χ1v) is 5.49. The summed E-state index contributed by atoms with van der Waals surface area (Å²) in [6, 6.07) is 10.7. The van der Waals surface area contributed by atoms with Crippen LogP contribution in [0.3, 0.4) is 0 Å². The third-order valence-electron chi connectivity index (χ3n) is 2.31. The number of carboxylic acids is 1. The molecule has 0 spiro atoms. The minimum absolute atomic E-state index is 0.373. The summed E-state index contributed by atoms with van der Waals surface area (Å²) < 4.78 is 13.2. The summed E-state index contributed by atoms with van der Waals surface area (Å²) in [7, 11) is 0. The van der Waals surface area contributed by atoms with Gasteiger partial charge in [-0.2, -0.15) is 0 Å². The highest BCUT2D eigenvalue weighted by atomic mass is 35.5. The summed E-state index contributed by atoms with van der Waals surface area (Å²) >= 11 is 5.82. The van der Waals surface area contributed by atoms with Crippen LogP contribution in [0.5, 0.6) is 0 Å². The number of aromatic carboxylic acids is 1. The highest BCUT2D eigenvalue weighted by molar-refractivity contribution is 6.30. The van der Waals surface area contributed by atoms with Crippen LogP contribution in [-0.2, 0) is 0 Å². The van der Waals surface area contributed by atoms with Crippen LogP contribution in [-0.4, -0.2) is 11.1 Å². The third-order valence-corrected chi connectivity index (χ3v) is 2.55. The molecule has 3 nitrogen and oxygen atoms in total. The van der Waals surface area contributed by atoms with E-state index in [1.165, 1.54) is 12.1 Å². The van der Waals surface area contributed by atoms with Crippen LogP contribution < -0.4 is 5.32 Å². The Labute approximate surface area is 108 Å². The zero-order chi connectivity index (χ0) is 13.1. The van der Waals surface area contributed by atoms with Crippen molar-refractivity contribution < 1.29 is 14.3 Å². The summed E-state index contributed by atoms with van der Waals surface area (Å²) in [5.41, 5.74) is 0.809. The van der Waals surface area contributed by atoms with E-state index in [1.807, 2.05) is 0 Å². The van der Waals surface area contributed by atoms with Crippen molar-refractivity contribution in [2.75, 3.05) is 5.32 Å². The molecule has 0 saturated carbocycles. The van der Waals surface area contributed by atoms with Gasteiger partial charge >= 0.3 is 5.97 Å². The standard InChI is InChI=1S/C13H9ClFNO2/c14-8-2-1-3-9(6-8)16-10-4-5-12(15)11(7-10)13(17)18/h1-7,16H,(H,17,18). The number of hydrogen-bond donors (Lipinski definition) is 2. The number of rotatable bonds is 3. The first-order chi connectivity index (χ1) is 8.56. The Bertz CT molecular complexity index is 601. The molecule has 18 heavy (non-hydrogen) atoms. The lowest BCUT2D eigenvalue weighted by Crippen LogP contribution is -2.01. The molecule has 0 aliphatic carbocycles. The van der Waals surface area contributed by atoms with Gasteiger partial charge in [-0.3, -0.25) is 0 Å². The number of nitrogens with one attached hydrogen (secondary N) is 1. The second-order valence-electron chi connectivity index (χ2n) is 3.64. The molecule has 0 radical (unpaired) electrons. The summed E-state index contributed by atoms with van der Waals surface area (Å²) in [6.45, 7) is 0. The van der Waals surface area contributed by atoms with Crippen molar-refractivity contribution in [1.82, 2.24) is 0 Å². The van der Waals surface area contributed by atoms with Crippen molar-refractivity contribution in [2.24, 2.45) is 0 Å². The van der Waals surface area contributed by atoms with Gasteiger partial charge in [0, 0.05) is 16.4 Å². The maximum atomic E-state index is 13.2. The van der Waals surface area contributed by atoms with Gasteiger partial charge in [-0.15, -0.1) is 0 Å². The van der Waals surface area contributed by atoms with E-state index >= 15 is 0 Å². The fraction of sp³-hybridized carbons (Fsp3) is 0. The fourth-order valence-corrected chi connectivity index (χ4v) is 1.69.